The first-order chi connectivity index (χ1) is 15.5. The molecular formula is C26H28Br2N2O2. The fourth-order valence-corrected chi connectivity index (χ4v) is 4.17. The van der Waals surface area contributed by atoms with E-state index in [1.807, 2.05) is 92.7 Å². The Morgan fingerprint density at radius 1 is 0.906 bits per heavy atom. The lowest BCUT2D eigenvalue weighted by Gasteiger charge is -2.35. The SMILES string of the molecule is CC.O=C(Nc1ccc(Br)cc1)N(c1ccc(Br)cc1)C(C1CC1)C(O)c1ccccc1. The molecule has 2 N–H and O–H groups in total. The van der Waals surface area contributed by atoms with Gasteiger partial charge in [0.25, 0.3) is 0 Å². The molecule has 1 aliphatic rings. The second kappa shape index (κ2) is 11.6. The van der Waals surface area contributed by atoms with Gasteiger partial charge in [-0.05, 0) is 72.9 Å². The monoisotopic (exact) mass is 558 g/mol. The van der Waals surface area contributed by atoms with Crippen molar-refractivity contribution in [1.82, 2.24) is 0 Å². The second-order valence-electron chi connectivity index (χ2n) is 7.47. The number of carbonyl (C=O) groups is 1. The Balaban J connectivity index is 0.00000141. The van der Waals surface area contributed by atoms with Crippen molar-refractivity contribution in [2.24, 2.45) is 5.92 Å². The minimum Gasteiger partial charge on any atom is -0.386 e. The van der Waals surface area contributed by atoms with Gasteiger partial charge in [0.1, 0.15) is 6.10 Å². The summed E-state index contributed by atoms with van der Waals surface area (Å²) in [6, 6.07) is 24.0. The predicted molar refractivity (Wildman–Crippen MR) is 139 cm³/mol. The smallest absolute Gasteiger partial charge is 0.326 e. The van der Waals surface area contributed by atoms with E-state index in [-0.39, 0.29) is 18.0 Å². The number of aliphatic hydroxyl groups is 1. The number of carbonyl (C=O) groups excluding carboxylic acids is 1. The first-order valence-electron chi connectivity index (χ1n) is 10.9. The molecule has 3 aromatic rings. The highest BCUT2D eigenvalue weighted by Gasteiger charge is 2.43. The lowest BCUT2D eigenvalue weighted by Crippen LogP contribution is -2.47. The number of benzene rings is 3. The lowest BCUT2D eigenvalue weighted by molar-refractivity contribution is 0.133. The van der Waals surface area contributed by atoms with Crippen LogP contribution in [0, 0.1) is 5.92 Å². The average Bonchev–Trinajstić information content (AvgIpc) is 3.66. The largest absolute Gasteiger partial charge is 0.386 e. The molecule has 0 aromatic heterocycles. The van der Waals surface area contributed by atoms with Crippen LogP contribution in [0.3, 0.4) is 0 Å². The summed E-state index contributed by atoms with van der Waals surface area (Å²) in [6.45, 7) is 4.00. The molecule has 2 atom stereocenters. The Labute approximate surface area is 206 Å². The molecule has 4 nitrogen and oxygen atoms in total. The Bertz CT molecular complexity index is 991. The predicted octanol–water partition coefficient (Wildman–Crippen LogP) is 7.79. The molecule has 3 aromatic carbocycles. The third kappa shape index (κ3) is 6.21. The van der Waals surface area contributed by atoms with Gasteiger partial charge in [-0.2, -0.15) is 0 Å². The van der Waals surface area contributed by atoms with Crippen molar-refractivity contribution in [2.75, 3.05) is 10.2 Å². The van der Waals surface area contributed by atoms with Crippen LogP contribution in [0.2, 0.25) is 0 Å². The van der Waals surface area contributed by atoms with E-state index < -0.39 is 6.10 Å². The normalized spacial score (nSPS) is 14.5. The zero-order chi connectivity index (χ0) is 23.1. The van der Waals surface area contributed by atoms with Crippen molar-refractivity contribution in [1.29, 1.82) is 0 Å². The number of hydrogen-bond acceptors (Lipinski definition) is 2. The third-order valence-corrected chi connectivity index (χ3v) is 6.34. The van der Waals surface area contributed by atoms with Gasteiger partial charge in [0.15, 0.2) is 0 Å². The lowest BCUT2D eigenvalue weighted by atomic mass is 9.96. The molecule has 0 aliphatic heterocycles. The molecule has 1 aliphatic carbocycles. The molecule has 0 radical (unpaired) electrons. The molecule has 1 fully saturated rings. The van der Waals surface area contributed by atoms with Crippen LogP contribution >= 0.6 is 31.9 Å². The van der Waals surface area contributed by atoms with E-state index in [1.165, 1.54) is 0 Å². The van der Waals surface area contributed by atoms with Crippen LogP contribution < -0.4 is 10.2 Å². The van der Waals surface area contributed by atoms with Crippen molar-refractivity contribution in [2.45, 2.75) is 38.8 Å². The van der Waals surface area contributed by atoms with E-state index in [4.69, 9.17) is 0 Å². The van der Waals surface area contributed by atoms with Crippen molar-refractivity contribution >= 4 is 49.3 Å². The van der Waals surface area contributed by atoms with Gasteiger partial charge in [0.05, 0.1) is 6.04 Å². The highest BCUT2D eigenvalue weighted by Crippen LogP contribution is 2.43. The number of anilines is 2. The second-order valence-corrected chi connectivity index (χ2v) is 9.30. The van der Waals surface area contributed by atoms with Gasteiger partial charge in [0, 0.05) is 20.3 Å². The van der Waals surface area contributed by atoms with E-state index in [2.05, 4.69) is 37.2 Å². The van der Waals surface area contributed by atoms with Gasteiger partial charge < -0.3 is 10.4 Å². The summed E-state index contributed by atoms with van der Waals surface area (Å²) in [7, 11) is 0. The molecule has 2 amide bonds. The maximum Gasteiger partial charge on any atom is 0.326 e. The topological polar surface area (TPSA) is 52.6 Å². The molecule has 0 saturated heterocycles. The summed E-state index contributed by atoms with van der Waals surface area (Å²) in [5.41, 5.74) is 2.27. The Hall–Kier alpha value is -2.15. The van der Waals surface area contributed by atoms with Crippen LogP contribution in [0.4, 0.5) is 16.2 Å². The van der Waals surface area contributed by atoms with Crippen molar-refractivity contribution < 1.29 is 9.90 Å². The van der Waals surface area contributed by atoms with Crippen LogP contribution in [0.5, 0.6) is 0 Å². The van der Waals surface area contributed by atoms with Crippen LogP contribution in [-0.4, -0.2) is 17.2 Å². The van der Waals surface area contributed by atoms with Crippen molar-refractivity contribution in [3.8, 4) is 0 Å². The van der Waals surface area contributed by atoms with E-state index in [0.717, 1.165) is 33.0 Å². The molecule has 168 valence electrons. The van der Waals surface area contributed by atoms with Crippen LogP contribution in [-0.2, 0) is 0 Å². The number of halogens is 2. The van der Waals surface area contributed by atoms with E-state index >= 15 is 0 Å². The maximum absolute atomic E-state index is 13.5. The fraction of sp³-hybridized carbons (Fsp3) is 0.269. The van der Waals surface area contributed by atoms with Crippen LogP contribution in [0.1, 0.15) is 38.4 Å². The Morgan fingerprint density at radius 2 is 1.44 bits per heavy atom. The van der Waals surface area contributed by atoms with Crippen LogP contribution in [0.15, 0.2) is 87.8 Å². The standard InChI is InChI=1S/C24H22Br2N2O2.C2H6/c25-18-8-12-20(13-9-18)27-24(30)28(21-14-10-19(26)11-15-21)22(16-6-7-16)23(29)17-4-2-1-3-5-17;1-2/h1-5,8-16,22-23,29H,6-7H2,(H,27,30);1-2H3. The zero-order valence-electron chi connectivity index (χ0n) is 18.2. The summed E-state index contributed by atoms with van der Waals surface area (Å²) in [4.78, 5) is 15.2. The van der Waals surface area contributed by atoms with E-state index in [0.29, 0.717) is 5.69 Å². The van der Waals surface area contributed by atoms with Gasteiger partial charge in [0.2, 0.25) is 0 Å². The van der Waals surface area contributed by atoms with Gasteiger partial charge in [-0.25, -0.2) is 4.79 Å². The summed E-state index contributed by atoms with van der Waals surface area (Å²) in [5, 5.41) is 14.3. The maximum atomic E-state index is 13.5. The number of aliphatic hydroxyl groups excluding tert-OH is 1. The zero-order valence-corrected chi connectivity index (χ0v) is 21.4. The summed E-state index contributed by atoms with van der Waals surface area (Å²) in [5.74, 6) is 0.250. The number of rotatable bonds is 6. The first kappa shape index (κ1) is 24.5. The van der Waals surface area contributed by atoms with Gasteiger partial charge in [-0.15, -0.1) is 0 Å². The number of urea groups is 1. The molecule has 1 saturated carbocycles. The molecular weight excluding hydrogens is 532 g/mol. The quantitative estimate of drug-likeness (QED) is 0.324. The summed E-state index contributed by atoms with van der Waals surface area (Å²) < 4.78 is 1.88. The summed E-state index contributed by atoms with van der Waals surface area (Å²) >= 11 is 6.88. The van der Waals surface area contributed by atoms with Gasteiger partial charge in [-0.1, -0.05) is 76.0 Å². The third-order valence-electron chi connectivity index (χ3n) is 5.29. The molecule has 0 heterocycles. The van der Waals surface area contributed by atoms with Crippen molar-refractivity contribution in [3.05, 3.63) is 93.4 Å². The molecule has 32 heavy (non-hydrogen) atoms. The number of amides is 2. The molecule has 2 unspecified atom stereocenters. The average molecular weight is 560 g/mol. The van der Waals surface area contributed by atoms with E-state index in [9.17, 15) is 9.90 Å². The minimum atomic E-state index is -0.780. The number of hydrogen-bond donors (Lipinski definition) is 2. The fourth-order valence-electron chi connectivity index (χ4n) is 3.64. The minimum absolute atomic E-state index is 0.250. The number of nitrogens with zero attached hydrogens (tertiary/aromatic N) is 1. The van der Waals surface area contributed by atoms with E-state index in [1.54, 1.807) is 4.90 Å². The molecule has 0 spiro atoms. The molecule has 6 heteroatoms. The Kier molecular flexibility index (Phi) is 8.91. The highest BCUT2D eigenvalue weighted by atomic mass is 79.9. The van der Waals surface area contributed by atoms with Gasteiger partial charge in [-0.3, -0.25) is 4.90 Å². The Morgan fingerprint density at radius 3 is 1.97 bits per heavy atom. The highest BCUT2D eigenvalue weighted by molar-refractivity contribution is 9.10. The number of nitrogens with one attached hydrogen (secondary N) is 1. The molecule has 0 bridgehead atoms. The molecule has 4 rings (SSSR count). The van der Waals surface area contributed by atoms with Crippen molar-refractivity contribution in [3.63, 3.8) is 0 Å². The summed E-state index contributed by atoms with van der Waals surface area (Å²) in [6.07, 6.45) is 1.21. The van der Waals surface area contributed by atoms with Gasteiger partial charge >= 0.3 is 6.03 Å². The first-order valence-corrected chi connectivity index (χ1v) is 12.5. The van der Waals surface area contributed by atoms with Crippen LogP contribution in [0.25, 0.3) is 0 Å².